The summed E-state index contributed by atoms with van der Waals surface area (Å²) in [5.41, 5.74) is 3.06. The van der Waals surface area contributed by atoms with Crippen LogP contribution in [0.4, 0.5) is 5.69 Å². The second kappa shape index (κ2) is 7.77. The molecule has 0 bridgehead atoms. The van der Waals surface area contributed by atoms with Crippen LogP contribution in [0.3, 0.4) is 0 Å². The molecule has 8 heteroatoms. The summed E-state index contributed by atoms with van der Waals surface area (Å²) in [4.78, 5) is 0.199. The smallest absolute Gasteiger partial charge is 0.240 e. The highest BCUT2D eigenvalue weighted by Crippen LogP contribution is 2.19. The lowest BCUT2D eigenvalue weighted by molar-refractivity contribution is 0.578. The molecular formula is C18H24N2O4S2. The Kier molecular flexibility index (Phi) is 6.10. The predicted octanol–water partition coefficient (Wildman–Crippen LogP) is 2.36. The Bertz CT molecular complexity index is 1000. The average Bonchev–Trinajstić information content (AvgIpc) is 2.50. The van der Waals surface area contributed by atoms with Gasteiger partial charge in [0.05, 0.1) is 16.8 Å². The Morgan fingerprint density at radius 1 is 0.923 bits per heavy atom. The zero-order valence-corrected chi connectivity index (χ0v) is 17.0. The fourth-order valence-electron chi connectivity index (χ4n) is 2.73. The zero-order chi connectivity index (χ0) is 19.5. The standard InChI is InChI=1S/C18H24N2O4S2/c1-14-6-5-7-17(13-14)20(25(4,21)22)11-10-19-26(23,24)18-9-8-15(2)12-16(18)3/h5-9,12-13,19H,10-11H2,1-4H3. The summed E-state index contributed by atoms with van der Waals surface area (Å²) in [6, 6.07) is 12.2. The number of benzene rings is 2. The van der Waals surface area contributed by atoms with Crippen LogP contribution < -0.4 is 9.03 Å². The molecule has 0 atom stereocenters. The Hall–Kier alpha value is -1.90. The molecule has 0 aliphatic carbocycles. The van der Waals surface area contributed by atoms with Gasteiger partial charge in [-0.05, 0) is 50.1 Å². The number of rotatable bonds is 7. The first-order valence-electron chi connectivity index (χ1n) is 8.12. The minimum atomic E-state index is -3.71. The molecule has 0 spiro atoms. The predicted molar refractivity (Wildman–Crippen MR) is 104 cm³/mol. The molecule has 2 aromatic carbocycles. The number of sulfonamides is 2. The summed E-state index contributed by atoms with van der Waals surface area (Å²) in [5.74, 6) is 0. The number of hydrogen-bond acceptors (Lipinski definition) is 4. The van der Waals surface area contributed by atoms with Gasteiger partial charge in [0.1, 0.15) is 0 Å². The van der Waals surface area contributed by atoms with E-state index in [2.05, 4.69) is 4.72 Å². The molecule has 6 nitrogen and oxygen atoms in total. The SMILES string of the molecule is Cc1cccc(N(CCNS(=O)(=O)c2ccc(C)cc2C)S(C)(=O)=O)c1. The zero-order valence-electron chi connectivity index (χ0n) is 15.4. The van der Waals surface area contributed by atoms with Gasteiger partial charge >= 0.3 is 0 Å². The van der Waals surface area contributed by atoms with Gasteiger partial charge in [0.15, 0.2) is 0 Å². The van der Waals surface area contributed by atoms with Gasteiger partial charge in [-0.15, -0.1) is 0 Å². The fraction of sp³-hybridized carbons (Fsp3) is 0.333. The van der Waals surface area contributed by atoms with Crippen molar-refractivity contribution in [3.05, 3.63) is 59.2 Å². The van der Waals surface area contributed by atoms with Crippen LogP contribution >= 0.6 is 0 Å². The fourth-order valence-corrected chi connectivity index (χ4v) is 4.89. The van der Waals surface area contributed by atoms with Gasteiger partial charge < -0.3 is 0 Å². The van der Waals surface area contributed by atoms with Crippen molar-refractivity contribution in [2.45, 2.75) is 25.7 Å². The lowest BCUT2D eigenvalue weighted by atomic mass is 10.2. The van der Waals surface area contributed by atoms with E-state index in [1.54, 1.807) is 43.3 Å². The van der Waals surface area contributed by atoms with E-state index in [1.165, 1.54) is 4.31 Å². The van der Waals surface area contributed by atoms with E-state index >= 15 is 0 Å². The second-order valence-electron chi connectivity index (χ2n) is 6.34. The van der Waals surface area contributed by atoms with E-state index in [0.717, 1.165) is 17.4 Å². The van der Waals surface area contributed by atoms with Gasteiger partial charge in [-0.2, -0.15) is 0 Å². The molecule has 0 aliphatic rings. The van der Waals surface area contributed by atoms with Crippen molar-refractivity contribution in [2.75, 3.05) is 23.7 Å². The van der Waals surface area contributed by atoms with Gasteiger partial charge in [0.2, 0.25) is 20.0 Å². The Morgan fingerprint density at radius 2 is 1.58 bits per heavy atom. The normalized spacial score (nSPS) is 12.2. The first-order valence-corrected chi connectivity index (χ1v) is 11.5. The topological polar surface area (TPSA) is 83.6 Å². The molecule has 2 rings (SSSR count). The van der Waals surface area contributed by atoms with Gasteiger partial charge in [0.25, 0.3) is 0 Å². The molecule has 0 fully saturated rings. The minimum Gasteiger partial charge on any atom is -0.269 e. The molecule has 0 amide bonds. The summed E-state index contributed by atoms with van der Waals surface area (Å²) in [7, 11) is -7.24. The molecule has 0 radical (unpaired) electrons. The van der Waals surface area contributed by atoms with Crippen molar-refractivity contribution in [1.82, 2.24) is 4.72 Å². The van der Waals surface area contributed by atoms with Crippen molar-refractivity contribution < 1.29 is 16.8 Å². The Labute approximate surface area is 156 Å². The van der Waals surface area contributed by atoms with Crippen LogP contribution in [0.25, 0.3) is 0 Å². The van der Waals surface area contributed by atoms with E-state index in [1.807, 2.05) is 19.9 Å². The van der Waals surface area contributed by atoms with Crippen molar-refractivity contribution in [3.63, 3.8) is 0 Å². The van der Waals surface area contributed by atoms with Gasteiger partial charge in [-0.25, -0.2) is 21.6 Å². The largest absolute Gasteiger partial charge is 0.269 e. The van der Waals surface area contributed by atoms with Crippen LogP contribution in [-0.2, 0) is 20.0 Å². The lowest BCUT2D eigenvalue weighted by Gasteiger charge is -2.23. The maximum atomic E-state index is 12.5. The van der Waals surface area contributed by atoms with Crippen molar-refractivity contribution >= 4 is 25.7 Å². The first kappa shape index (κ1) is 20.4. The highest BCUT2D eigenvalue weighted by molar-refractivity contribution is 7.92. The van der Waals surface area contributed by atoms with Crippen LogP contribution in [-0.4, -0.2) is 36.2 Å². The number of anilines is 1. The Balaban J connectivity index is 2.17. The maximum absolute atomic E-state index is 12.5. The molecular weight excluding hydrogens is 372 g/mol. The molecule has 0 saturated carbocycles. The van der Waals surface area contributed by atoms with Gasteiger partial charge in [-0.1, -0.05) is 29.8 Å². The van der Waals surface area contributed by atoms with Crippen LogP contribution in [0.1, 0.15) is 16.7 Å². The van der Waals surface area contributed by atoms with Crippen LogP contribution in [0, 0.1) is 20.8 Å². The summed E-state index contributed by atoms with van der Waals surface area (Å²) in [6.45, 7) is 5.47. The quantitative estimate of drug-likeness (QED) is 0.779. The average molecular weight is 397 g/mol. The number of nitrogens with zero attached hydrogens (tertiary/aromatic N) is 1. The molecule has 2 aromatic rings. The van der Waals surface area contributed by atoms with E-state index in [9.17, 15) is 16.8 Å². The van der Waals surface area contributed by atoms with Gasteiger partial charge in [0, 0.05) is 13.1 Å². The molecule has 142 valence electrons. The Morgan fingerprint density at radius 3 is 2.15 bits per heavy atom. The molecule has 1 N–H and O–H groups in total. The third-order valence-electron chi connectivity index (χ3n) is 3.92. The maximum Gasteiger partial charge on any atom is 0.240 e. The summed E-state index contributed by atoms with van der Waals surface area (Å²) < 4.78 is 52.9. The van der Waals surface area contributed by atoms with E-state index in [4.69, 9.17) is 0 Å². The van der Waals surface area contributed by atoms with Crippen molar-refractivity contribution in [1.29, 1.82) is 0 Å². The lowest BCUT2D eigenvalue weighted by Crippen LogP contribution is -2.38. The third kappa shape index (κ3) is 5.06. The molecule has 0 aromatic heterocycles. The molecule has 0 heterocycles. The van der Waals surface area contributed by atoms with Crippen LogP contribution in [0.2, 0.25) is 0 Å². The first-order chi connectivity index (χ1) is 12.0. The molecule has 0 unspecified atom stereocenters. The number of nitrogens with one attached hydrogen (secondary N) is 1. The van der Waals surface area contributed by atoms with E-state index in [-0.39, 0.29) is 18.0 Å². The second-order valence-corrected chi connectivity index (χ2v) is 9.98. The number of hydrogen-bond donors (Lipinski definition) is 1. The summed E-state index contributed by atoms with van der Waals surface area (Å²) >= 11 is 0. The summed E-state index contributed by atoms with van der Waals surface area (Å²) in [5, 5.41) is 0. The highest BCUT2D eigenvalue weighted by atomic mass is 32.2. The highest BCUT2D eigenvalue weighted by Gasteiger charge is 2.20. The van der Waals surface area contributed by atoms with E-state index < -0.39 is 20.0 Å². The van der Waals surface area contributed by atoms with Crippen LogP contribution in [0.15, 0.2) is 47.4 Å². The molecule has 26 heavy (non-hydrogen) atoms. The molecule has 0 saturated heterocycles. The van der Waals surface area contributed by atoms with Gasteiger partial charge in [-0.3, -0.25) is 4.31 Å². The van der Waals surface area contributed by atoms with Crippen molar-refractivity contribution in [2.24, 2.45) is 0 Å². The van der Waals surface area contributed by atoms with Crippen molar-refractivity contribution in [3.8, 4) is 0 Å². The number of aryl methyl sites for hydroxylation is 3. The monoisotopic (exact) mass is 396 g/mol. The summed E-state index contributed by atoms with van der Waals surface area (Å²) in [6.07, 6.45) is 1.11. The van der Waals surface area contributed by atoms with E-state index in [0.29, 0.717) is 11.3 Å². The third-order valence-corrected chi connectivity index (χ3v) is 6.73. The van der Waals surface area contributed by atoms with Crippen LogP contribution in [0.5, 0.6) is 0 Å². The molecule has 0 aliphatic heterocycles. The minimum absolute atomic E-state index is 0.00637.